The first-order chi connectivity index (χ1) is 12.0. The van der Waals surface area contributed by atoms with Gasteiger partial charge in [0.2, 0.25) is 17.7 Å². The molecule has 1 N–H and O–H groups in total. The van der Waals surface area contributed by atoms with E-state index in [9.17, 15) is 9.18 Å². The van der Waals surface area contributed by atoms with Gasteiger partial charge in [0, 0.05) is 24.1 Å². The van der Waals surface area contributed by atoms with E-state index in [1.165, 1.54) is 17.7 Å². The highest BCUT2D eigenvalue weighted by Gasteiger charge is 2.11. The summed E-state index contributed by atoms with van der Waals surface area (Å²) < 4.78 is 18.5. The number of carbonyl (C=O) groups is 1. The second-order valence-corrected chi connectivity index (χ2v) is 5.86. The van der Waals surface area contributed by atoms with Crippen LogP contribution in [-0.2, 0) is 11.2 Å². The van der Waals surface area contributed by atoms with Gasteiger partial charge in [0.15, 0.2) is 0 Å². The third-order valence-corrected chi connectivity index (χ3v) is 3.91. The lowest BCUT2D eigenvalue weighted by Crippen LogP contribution is -2.12. The van der Waals surface area contributed by atoms with Crippen molar-refractivity contribution in [3.05, 3.63) is 65.3 Å². The molecule has 2 aromatic carbocycles. The molecule has 0 bridgehead atoms. The number of benzene rings is 2. The fourth-order valence-corrected chi connectivity index (χ4v) is 2.33. The number of carbonyl (C=O) groups excluding carboxylic acids is 1. The Kier molecular flexibility index (Phi) is 4.88. The summed E-state index contributed by atoms with van der Waals surface area (Å²) in [4.78, 5) is 12.1. The maximum absolute atomic E-state index is 12.9. The van der Waals surface area contributed by atoms with Gasteiger partial charge in [-0.05, 0) is 61.4 Å². The number of anilines is 1. The van der Waals surface area contributed by atoms with Crippen LogP contribution in [0.25, 0.3) is 11.5 Å². The van der Waals surface area contributed by atoms with Crippen LogP contribution in [0.5, 0.6) is 0 Å². The van der Waals surface area contributed by atoms with Crippen LogP contribution in [0.1, 0.15) is 23.4 Å². The van der Waals surface area contributed by atoms with Gasteiger partial charge in [-0.1, -0.05) is 6.07 Å². The van der Waals surface area contributed by atoms with Crippen molar-refractivity contribution in [3.8, 4) is 11.5 Å². The van der Waals surface area contributed by atoms with E-state index in [1.807, 2.05) is 32.0 Å². The van der Waals surface area contributed by atoms with E-state index in [-0.39, 0.29) is 18.1 Å². The van der Waals surface area contributed by atoms with Crippen molar-refractivity contribution in [1.29, 1.82) is 0 Å². The number of aromatic nitrogens is 2. The lowest BCUT2D eigenvalue weighted by Gasteiger charge is -2.07. The minimum absolute atomic E-state index is 0.121. The van der Waals surface area contributed by atoms with Crippen molar-refractivity contribution in [1.82, 2.24) is 10.2 Å². The zero-order valence-electron chi connectivity index (χ0n) is 14.0. The van der Waals surface area contributed by atoms with Gasteiger partial charge < -0.3 is 9.73 Å². The molecule has 3 aromatic rings. The smallest absolute Gasteiger partial charge is 0.247 e. The summed E-state index contributed by atoms with van der Waals surface area (Å²) in [5, 5.41) is 10.7. The van der Waals surface area contributed by atoms with Gasteiger partial charge >= 0.3 is 0 Å². The van der Waals surface area contributed by atoms with Crippen LogP contribution >= 0.6 is 0 Å². The number of amides is 1. The van der Waals surface area contributed by atoms with Crippen LogP contribution in [0.3, 0.4) is 0 Å². The zero-order valence-corrected chi connectivity index (χ0v) is 14.0. The van der Waals surface area contributed by atoms with E-state index in [0.717, 1.165) is 11.3 Å². The van der Waals surface area contributed by atoms with Crippen molar-refractivity contribution in [2.75, 3.05) is 5.32 Å². The Morgan fingerprint density at radius 1 is 1.08 bits per heavy atom. The molecule has 5 nitrogen and oxygen atoms in total. The Morgan fingerprint density at radius 3 is 2.56 bits per heavy atom. The summed E-state index contributed by atoms with van der Waals surface area (Å²) in [5.41, 5.74) is 3.71. The molecule has 6 heteroatoms. The lowest BCUT2D eigenvalue weighted by atomic mass is 10.1. The third kappa shape index (κ3) is 4.29. The molecule has 0 saturated heterocycles. The molecule has 0 aliphatic heterocycles. The SMILES string of the molecule is Cc1ccc(NC(=O)CCc2nnc(-c3ccc(F)cc3)o2)cc1C. The highest BCUT2D eigenvalue weighted by atomic mass is 19.1. The number of rotatable bonds is 5. The van der Waals surface area contributed by atoms with E-state index in [2.05, 4.69) is 15.5 Å². The van der Waals surface area contributed by atoms with Crippen molar-refractivity contribution in [2.45, 2.75) is 26.7 Å². The molecule has 1 amide bonds. The molecule has 0 aliphatic carbocycles. The van der Waals surface area contributed by atoms with Crippen LogP contribution in [0.4, 0.5) is 10.1 Å². The maximum atomic E-state index is 12.9. The quantitative estimate of drug-likeness (QED) is 0.761. The molecule has 0 radical (unpaired) electrons. The molecule has 128 valence electrons. The van der Waals surface area contributed by atoms with E-state index >= 15 is 0 Å². The second kappa shape index (κ2) is 7.25. The van der Waals surface area contributed by atoms with Crippen molar-refractivity contribution in [3.63, 3.8) is 0 Å². The molecule has 0 fully saturated rings. The Hall–Kier alpha value is -3.02. The van der Waals surface area contributed by atoms with Gasteiger partial charge in [0.05, 0.1) is 0 Å². The molecule has 0 spiro atoms. The Labute approximate surface area is 144 Å². The second-order valence-electron chi connectivity index (χ2n) is 5.86. The molecular formula is C19H18FN3O2. The first-order valence-corrected chi connectivity index (χ1v) is 7.97. The van der Waals surface area contributed by atoms with Crippen molar-refractivity contribution >= 4 is 11.6 Å². The van der Waals surface area contributed by atoms with Crippen molar-refractivity contribution < 1.29 is 13.6 Å². The average Bonchev–Trinajstić information content (AvgIpc) is 3.06. The minimum atomic E-state index is -0.327. The summed E-state index contributed by atoms with van der Waals surface area (Å²) in [5.74, 6) is 0.232. The summed E-state index contributed by atoms with van der Waals surface area (Å²) in [6.07, 6.45) is 0.572. The number of hydrogen-bond donors (Lipinski definition) is 1. The van der Waals surface area contributed by atoms with Crippen molar-refractivity contribution in [2.24, 2.45) is 0 Å². The first kappa shape index (κ1) is 16.8. The first-order valence-electron chi connectivity index (χ1n) is 7.97. The molecule has 0 aliphatic rings. The maximum Gasteiger partial charge on any atom is 0.247 e. The summed E-state index contributed by atoms with van der Waals surface area (Å²) in [7, 11) is 0. The Balaban J connectivity index is 1.57. The van der Waals surface area contributed by atoms with E-state index in [0.29, 0.717) is 23.8 Å². The van der Waals surface area contributed by atoms with Gasteiger partial charge in [-0.25, -0.2) is 4.39 Å². The predicted molar refractivity (Wildman–Crippen MR) is 92.6 cm³/mol. The van der Waals surface area contributed by atoms with Crippen LogP contribution in [0.2, 0.25) is 0 Å². The van der Waals surface area contributed by atoms with E-state index < -0.39 is 0 Å². The van der Waals surface area contributed by atoms with Gasteiger partial charge in [0.1, 0.15) is 5.82 Å². The van der Waals surface area contributed by atoms with Gasteiger partial charge in [-0.15, -0.1) is 10.2 Å². The van der Waals surface area contributed by atoms with Gasteiger partial charge in [0.25, 0.3) is 0 Å². The molecule has 0 unspecified atom stereocenters. The number of nitrogens with one attached hydrogen (secondary N) is 1. The minimum Gasteiger partial charge on any atom is -0.421 e. The van der Waals surface area contributed by atoms with Gasteiger partial charge in [-0.2, -0.15) is 0 Å². The molecule has 1 aromatic heterocycles. The lowest BCUT2D eigenvalue weighted by molar-refractivity contribution is -0.116. The summed E-state index contributed by atoms with van der Waals surface area (Å²) in [6.45, 7) is 4.02. The number of hydrogen-bond acceptors (Lipinski definition) is 4. The van der Waals surface area contributed by atoms with Crippen LogP contribution < -0.4 is 5.32 Å². The topological polar surface area (TPSA) is 68.0 Å². The van der Waals surface area contributed by atoms with Gasteiger partial charge in [-0.3, -0.25) is 4.79 Å². The van der Waals surface area contributed by atoms with Crippen LogP contribution in [0, 0.1) is 19.7 Å². The summed E-state index contributed by atoms with van der Waals surface area (Å²) >= 11 is 0. The molecule has 1 heterocycles. The number of halogens is 1. The highest BCUT2D eigenvalue weighted by molar-refractivity contribution is 5.90. The number of aryl methyl sites for hydroxylation is 3. The molecule has 0 saturated carbocycles. The fraction of sp³-hybridized carbons (Fsp3) is 0.211. The Morgan fingerprint density at radius 2 is 1.84 bits per heavy atom. The largest absolute Gasteiger partial charge is 0.421 e. The Bertz CT molecular complexity index is 888. The summed E-state index contributed by atoms with van der Waals surface area (Å²) in [6, 6.07) is 11.6. The molecular weight excluding hydrogens is 321 g/mol. The highest BCUT2D eigenvalue weighted by Crippen LogP contribution is 2.19. The average molecular weight is 339 g/mol. The third-order valence-electron chi connectivity index (χ3n) is 3.91. The van der Waals surface area contributed by atoms with Crippen LogP contribution in [-0.4, -0.2) is 16.1 Å². The number of nitrogens with zero attached hydrogens (tertiary/aromatic N) is 2. The van der Waals surface area contributed by atoms with Crippen LogP contribution in [0.15, 0.2) is 46.9 Å². The fourth-order valence-electron chi connectivity index (χ4n) is 2.33. The zero-order chi connectivity index (χ0) is 17.8. The van der Waals surface area contributed by atoms with E-state index in [1.54, 1.807) is 12.1 Å². The standard InChI is InChI=1S/C19H18FN3O2/c1-12-3-8-16(11-13(12)2)21-17(24)9-10-18-22-23-19(25-18)14-4-6-15(20)7-5-14/h3-8,11H,9-10H2,1-2H3,(H,21,24). The van der Waals surface area contributed by atoms with E-state index in [4.69, 9.17) is 4.42 Å². The molecule has 25 heavy (non-hydrogen) atoms. The predicted octanol–water partition coefficient (Wildman–Crippen LogP) is 4.06. The monoisotopic (exact) mass is 339 g/mol. The normalized spacial score (nSPS) is 10.7. The molecule has 0 atom stereocenters. The molecule has 3 rings (SSSR count).